The first kappa shape index (κ1) is 13.6. The first-order valence-electron chi connectivity index (χ1n) is 6.16. The van der Waals surface area contributed by atoms with Crippen LogP contribution in [0.5, 0.6) is 5.75 Å². The number of carbonyl (C=O) groups excluding carboxylic acids is 1. The lowest BCUT2D eigenvalue weighted by Crippen LogP contribution is -2.35. The Morgan fingerprint density at radius 3 is 2.47 bits per heavy atom. The minimum absolute atomic E-state index is 0.0704. The van der Waals surface area contributed by atoms with Crippen molar-refractivity contribution >= 4 is 5.91 Å². The summed E-state index contributed by atoms with van der Waals surface area (Å²) >= 11 is 0. The number of ether oxygens (including phenoxy) is 1. The molecule has 0 fully saturated rings. The van der Waals surface area contributed by atoms with Gasteiger partial charge in [-0.2, -0.15) is 0 Å². The third-order valence-electron chi connectivity index (χ3n) is 2.72. The first-order chi connectivity index (χ1) is 8.15. The third-order valence-corrected chi connectivity index (χ3v) is 2.72. The molecule has 1 atom stereocenters. The van der Waals surface area contributed by atoms with Gasteiger partial charge in [-0.25, -0.2) is 0 Å². The average molecular weight is 235 g/mol. The SMILES string of the molecule is CCc1ccc(OCC(=O)NC(C)CC)cc1. The molecule has 0 aliphatic heterocycles. The van der Waals surface area contributed by atoms with E-state index in [0.29, 0.717) is 0 Å². The summed E-state index contributed by atoms with van der Waals surface area (Å²) in [6.45, 7) is 6.20. The molecule has 1 amide bonds. The number of rotatable bonds is 6. The van der Waals surface area contributed by atoms with Crippen LogP contribution >= 0.6 is 0 Å². The molecule has 17 heavy (non-hydrogen) atoms. The Balaban J connectivity index is 2.36. The van der Waals surface area contributed by atoms with Crippen molar-refractivity contribution < 1.29 is 9.53 Å². The molecule has 1 aromatic carbocycles. The molecule has 0 aromatic heterocycles. The number of hydrogen-bond donors (Lipinski definition) is 1. The summed E-state index contributed by atoms with van der Waals surface area (Å²) in [6, 6.07) is 8.03. The highest BCUT2D eigenvalue weighted by Gasteiger charge is 2.05. The zero-order valence-corrected chi connectivity index (χ0v) is 10.8. The molecular formula is C14H21NO2. The lowest BCUT2D eigenvalue weighted by Gasteiger charge is -2.12. The summed E-state index contributed by atoms with van der Waals surface area (Å²) < 4.78 is 5.40. The number of carbonyl (C=O) groups is 1. The summed E-state index contributed by atoms with van der Waals surface area (Å²) in [4.78, 5) is 11.5. The number of hydrogen-bond acceptors (Lipinski definition) is 2. The quantitative estimate of drug-likeness (QED) is 0.823. The molecule has 3 nitrogen and oxygen atoms in total. The molecule has 0 saturated heterocycles. The van der Waals surface area contributed by atoms with E-state index < -0.39 is 0 Å². The fraction of sp³-hybridized carbons (Fsp3) is 0.500. The zero-order chi connectivity index (χ0) is 12.7. The van der Waals surface area contributed by atoms with Gasteiger partial charge in [0.2, 0.25) is 0 Å². The summed E-state index contributed by atoms with van der Waals surface area (Å²) in [7, 11) is 0. The van der Waals surface area contributed by atoms with Gasteiger partial charge in [0.05, 0.1) is 0 Å². The zero-order valence-electron chi connectivity index (χ0n) is 10.8. The van der Waals surface area contributed by atoms with Crippen molar-refractivity contribution in [3.05, 3.63) is 29.8 Å². The van der Waals surface area contributed by atoms with Crippen LogP contribution in [0.1, 0.15) is 32.8 Å². The maximum absolute atomic E-state index is 11.5. The van der Waals surface area contributed by atoms with Gasteiger partial charge >= 0.3 is 0 Å². The highest BCUT2D eigenvalue weighted by Crippen LogP contribution is 2.12. The van der Waals surface area contributed by atoms with Gasteiger partial charge in [-0.1, -0.05) is 26.0 Å². The van der Waals surface area contributed by atoms with E-state index in [1.807, 2.05) is 38.1 Å². The molecule has 1 N–H and O–H groups in total. The molecule has 0 aliphatic carbocycles. The number of amides is 1. The van der Waals surface area contributed by atoms with Crippen LogP contribution < -0.4 is 10.1 Å². The summed E-state index contributed by atoms with van der Waals surface area (Å²) in [5, 5.41) is 2.86. The van der Waals surface area contributed by atoms with E-state index in [2.05, 4.69) is 12.2 Å². The van der Waals surface area contributed by atoms with Crippen LogP contribution in [-0.2, 0) is 11.2 Å². The number of nitrogens with one attached hydrogen (secondary N) is 1. The third kappa shape index (κ3) is 4.89. The van der Waals surface area contributed by atoms with Crippen LogP contribution in [0.4, 0.5) is 0 Å². The Kier molecular flexibility index (Phi) is 5.53. The van der Waals surface area contributed by atoms with Crippen molar-refractivity contribution in [1.82, 2.24) is 5.32 Å². The average Bonchev–Trinajstić information content (AvgIpc) is 2.36. The van der Waals surface area contributed by atoms with Gasteiger partial charge in [0, 0.05) is 6.04 Å². The van der Waals surface area contributed by atoms with Crippen molar-refractivity contribution in [2.45, 2.75) is 39.7 Å². The van der Waals surface area contributed by atoms with E-state index in [4.69, 9.17) is 4.74 Å². The van der Waals surface area contributed by atoms with E-state index in [0.717, 1.165) is 18.6 Å². The van der Waals surface area contributed by atoms with Crippen molar-refractivity contribution in [3.63, 3.8) is 0 Å². The molecular weight excluding hydrogens is 214 g/mol. The highest BCUT2D eigenvalue weighted by atomic mass is 16.5. The molecule has 3 heteroatoms. The second kappa shape index (κ2) is 6.94. The Labute approximate surface area is 103 Å². The van der Waals surface area contributed by atoms with E-state index >= 15 is 0 Å². The fourth-order valence-electron chi connectivity index (χ4n) is 1.39. The van der Waals surface area contributed by atoms with Crippen LogP contribution in [0.25, 0.3) is 0 Å². The van der Waals surface area contributed by atoms with Crippen molar-refractivity contribution in [2.24, 2.45) is 0 Å². The monoisotopic (exact) mass is 235 g/mol. The van der Waals surface area contributed by atoms with Gasteiger partial charge in [0.25, 0.3) is 5.91 Å². The minimum atomic E-state index is -0.0704. The topological polar surface area (TPSA) is 38.3 Å². The molecule has 0 heterocycles. The number of benzene rings is 1. The van der Waals surface area contributed by atoms with Gasteiger partial charge < -0.3 is 10.1 Å². The molecule has 0 saturated carbocycles. The van der Waals surface area contributed by atoms with E-state index in [1.54, 1.807) is 0 Å². The predicted molar refractivity (Wildman–Crippen MR) is 69.2 cm³/mol. The Bertz CT molecular complexity index is 346. The van der Waals surface area contributed by atoms with Crippen molar-refractivity contribution in [1.29, 1.82) is 0 Å². The summed E-state index contributed by atoms with van der Waals surface area (Å²) in [5.74, 6) is 0.667. The highest BCUT2D eigenvalue weighted by molar-refractivity contribution is 5.77. The smallest absolute Gasteiger partial charge is 0.258 e. The van der Waals surface area contributed by atoms with Crippen LogP contribution in [0, 0.1) is 0 Å². The second-order valence-electron chi connectivity index (χ2n) is 4.16. The molecule has 0 spiro atoms. The summed E-state index contributed by atoms with van der Waals surface area (Å²) in [5.41, 5.74) is 1.27. The van der Waals surface area contributed by atoms with Gasteiger partial charge in [-0.3, -0.25) is 4.79 Å². The molecule has 1 unspecified atom stereocenters. The van der Waals surface area contributed by atoms with Gasteiger partial charge in [0.1, 0.15) is 5.75 Å². The normalized spacial score (nSPS) is 11.9. The van der Waals surface area contributed by atoms with Crippen molar-refractivity contribution in [3.8, 4) is 5.75 Å². The Morgan fingerprint density at radius 2 is 1.94 bits per heavy atom. The predicted octanol–water partition coefficient (Wildman–Crippen LogP) is 2.54. The van der Waals surface area contributed by atoms with Crippen LogP contribution in [0.3, 0.4) is 0 Å². The first-order valence-corrected chi connectivity index (χ1v) is 6.16. The standard InChI is InChI=1S/C14H21NO2/c1-4-11(3)15-14(16)10-17-13-8-6-12(5-2)7-9-13/h6-9,11H,4-5,10H2,1-3H3,(H,15,16). The van der Waals surface area contributed by atoms with Crippen molar-refractivity contribution in [2.75, 3.05) is 6.61 Å². The van der Waals surface area contributed by atoms with Gasteiger partial charge in [-0.15, -0.1) is 0 Å². The van der Waals surface area contributed by atoms with Crippen LogP contribution in [-0.4, -0.2) is 18.6 Å². The van der Waals surface area contributed by atoms with Crippen LogP contribution in [0.2, 0.25) is 0 Å². The maximum atomic E-state index is 11.5. The molecule has 94 valence electrons. The van der Waals surface area contributed by atoms with Gasteiger partial charge in [0.15, 0.2) is 6.61 Å². The molecule has 0 aliphatic rings. The van der Waals surface area contributed by atoms with E-state index in [1.165, 1.54) is 5.56 Å². The molecule has 0 bridgehead atoms. The molecule has 1 aromatic rings. The summed E-state index contributed by atoms with van der Waals surface area (Å²) in [6.07, 6.45) is 1.94. The minimum Gasteiger partial charge on any atom is -0.484 e. The second-order valence-corrected chi connectivity index (χ2v) is 4.16. The fourth-order valence-corrected chi connectivity index (χ4v) is 1.39. The lowest BCUT2D eigenvalue weighted by atomic mass is 10.2. The van der Waals surface area contributed by atoms with E-state index in [-0.39, 0.29) is 18.6 Å². The largest absolute Gasteiger partial charge is 0.484 e. The Morgan fingerprint density at radius 1 is 1.29 bits per heavy atom. The molecule has 1 rings (SSSR count). The lowest BCUT2D eigenvalue weighted by molar-refractivity contribution is -0.123. The van der Waals surface area contributed by atoms with Crippen LogP contribution in [0.15, 0.2) is 24.3 Å². The maximum Gasteiger partial charge on any atom is 0.258 e. The number of aryl methyl sites for hydroxylation is 1. The van der Waals surface area contributed by atoms with Gasteiger partial charge in [-0.05, 0) is 37.5 Å². The molecule has 0 radical (unpaired) electrons. The Hall–Kier alpha value is -1.51. The van der Waals surface area contributed by atoms with E-state index in [9.17, 15) is 4.79 Å².